The average Bonchev–Trinajstić information content (AvgIpc) is 3.24. The highest BCUT2D eigenvalue weighted by atomic mass is 32.1. The van der Waals surface area contributed by atoms with E-state index in [1.54, 1.807) is 0 Å². The Bertz CT molecular complexity index is 801. The summed E-state index contributed by atoms with van der Waals surface area (Å²) < 4.78 is 16.1. The van der Waals surface area contributed by atoms with Crippen LogP contribution in [0.25, 0.3) is 0 Å². The molecule has 1 aliphatic rings. The summed E-state index contributed by atoms with van der Waals surface area (Å²) in [4.78, 5) is 24.0. The molecule has 0 spiro atoms. The van der Waals surface area contributed by atoms with E-state index in [0.717, 1.165) is 29.7 Å². The Balaban J connectivity index is 1.85. The molecule has 1 aromatic carbocycles. The van der Waals surface area contributed by atoms with Crippen molar-refractivity contribution in [3.05, 3.63) is 52.2 Å². The van der Waals surface area contributed by atoms with Crippen LogP contribution in [0.2, 0.25) is 0 Å². The van der Waals surface area contributed by atoms with Gasteiger partial charge in [-0.1, -0.05) is 12.1 Å². The van der Waals surface area contributed by atoms with Crippen LogP contribution in [-0.2, 0) is 24.6 Å². The molecule has 1 aliphatic heterocycles. The van der Waals surface area contributed by atoms with Crippen LogP contribution >= 0.6 is 11.3 Å². The summed E-state index contributed by atoms with van der Waals surface area (Å²) in [5.74, 6) is -0.111. The lowest BCUT2D eigenvalue weighted by molar-refractivity contribution is -0.143. The maximum Gasteiger partial charge on any atom is 0.313 e. The summed E-state index contributed by atoms with van der Waals surface area (Å²) in [6.45, 7) is 1.39. The number of rotatable bonds is 8. The number of esters is 1. The SMILES string of the molecule is COC(=O)CC(=O)CC(N)(c1ccsc1)c1cccc(OC2CCOCC2)c1. The first-order chi connectivity index (χ1) is 13.5. The number of thiophene rings is 1. The topological polar surface area (TPSA) is 87.9 Å². The number of methoxy groups -OCH3 is 1. The minimum atomic E-state index is -1.04. The van der Waals surface area contributed by atoms with E-state index in [0.29, 0.717) is 13.2 Å². The van der Waals surface area contributed by atoms with E-state index in [1.807, 2.05) is 41.1 Å². The van der Waals surface area contributed by atoms with E-state index in [4.69, 9.17) is 15.2 Å². The van der Waals surface area contributed by atoms with Gasteiger partial charge in [-0.15, -0.1) is 0 Å². The molecule has 1 fully saturated rings. The third-order valence-corrected chi connectivity index (χ3v) is 5.58. The van der Waals surface area contributed by atoms with Crippen molar-refractivity contribution >= 4 is 23.1 Å². The van der Waals surface area contributed by atoms with E-state index in [-0.39, 0.29) is 24.7 Å². The summed E-state index contributed by atoms with van der Waals surface area (Å²) in [5.41, 5.74) is 7.33. The lowest BCUT2D eigenvalue weighted by Crippen LogP contribution is -2.40. The number of benzene rings is 1. The lowest BCUT2D eigenvalue weighted by atomic mass is 9.80. The van der Waals surface area contributed by atoms with Crippen molar-refractivity contribution in [1.82, 2.24) is 0 Å². The Hall–Kier alpha value is -2.22. The van der Waals surface area contributed by atoms with Gasteiger partial charge in [0.15, 0.2) is 0 Å². The van der Waals surface area contributed by atoms with Crippen LogP contribution in [0.4, 0.5) is 0 Å². The molecule has 28 heavy (non-hydrogen) atoms. The van der Waals surface area contributed by atoms with Crippen molar-refractivity contribution in [2.24, 2.45) is 5.73 Å². The van der Waals surface area contributed by atoms with Gasteiger partial charge in [-0.3, -0.25) is 9.59 Å². The molecule has 2 N–H and O–H groups in total. The second kappa shape index (κ2) is 9.32. The highest BCUT2D eigenvalue weighted by molar-refractivity contribution is 7.08. The van der Waals surface area contributed by atoms with E-state index < -0.39 is 11.5 Å². The summed E-state index contributed by atoms with van der Waals surface area (Å²) in [5, 5.41) is 3.85. The van der Waals surface area contributed by atoms with Crippen LogP contribution in [0.3, 0.4) is 0 Å². The molecule has 0 bridgehead atoms. The molecule has 2 heterocycles. The molecule has 150 valence electrons. The first kappa shape index (κ1) is 20.5. The number of ether oxygens (including phenoxy) is 3. The predicted molar refractivity (Wildman–Crippen MR) is 106 cm³/mol. The molecule has 0 aliphatic carbocycles. The molecular formula is C21H25NO5S. The molecule has 7 heteroatoms. The largest absolute Gasteiger partial charge is 0.490 e. The van der Waals surface area contributed by atoms with Gasteiger partial charge in [0.05, 0.1) is 25.9 Å². The van der Waals surface area contributed by atoms with Crippen LogP contribution < -0.4 is 10.5 Å². The zero-order valence-corrected chi connectivity index (χ0v) is 16.7. The van der Waals surface area contributed by atoms with Crippen molar-refractivity contribution in [1.29, 1.82) is 0 Å². The Labute approximate surface area is 168 Å². The van der Waals surface area contributed by atoms with Gasteiger partial charge in [-0.25, -0.2) is 0 Å². The summed E-state index contributed by atoms with van der Waals surface area (Å²) in [6, 6.07) is 9.45. The normalized spacial score (nSPS) is 16.9. The molecule has 0 radical (unpaired) electrons. The summed E-state index contributed by atoms with van der Waals surface area (Å²) in [6.07, 6.45) is 1.51. The highest BCUT2D eigenvalue weighted by Gasteiger charge is 2.34. The monoisotopic (exact) mass is 403 g/mol. The Morgan fingerprint density at radius 3 is 2.71 bits per heavy atom. The van der Waals surface area contributed by atoms with E-state index in [9.17, 15) is 9.59 Å². The fourth-order valence-electron chi connectivity index (χ4n) is 3.33. The number of carbonyl (C=O) groups is 2. The lowest BCUT2D eigenvalue weighted by Gasteiger charge is -2.30. The number of Topliss-reactive ketones (excluding diaryl/α,β-unsaturated/α-hetero) is 1. The van der Waals surface area contributed by atoms with Crippen LogP contribution in [-0.4, -0.2) is 38.2 Å². The smallest absolute Gasteiger partial charge is 0.313 e. The standard InChI is InChI=1S/C21H25NO5S/c1-25-20(24)12-17(23)13-21(22,16-7-10-28-14-16)15-3-2-4-19(11-15)27-18-5-8-26-9-6-18/h2-4,7,10-11,14,18H,5-6,8-9,12-13,22H2,1H3. The van der Waals surface area contributed by atoms with Crippen LogP contribution in [0.1, 0.15) is 36.8 Å². The molecule has 3 rings (SSSR count). The number of hydrogen-bond acceptors (Lipinski definition) is 7. The van der Waals surface area contributed by atoms with Gasteiger partial charge in [0.25, 0.3) is 0 Å². The first-order valence-corrected chi connectivity index (χ1v) is 10.2. The van der Waals surface area contributed by atoms with Crippen molar-refractivity contribution in [2.45, 2.75) is 37.3 Å². The zero-order chi connectivity index (χ0) is 20.0. The number of carbonyl (C=O) groups excluding carboxylic acids is 2. The minimum absolute atomic E-state index is 0.000441. The minimum Gasteiger partial charge on any atom is -0.490 e. The predicted octanol–water partition coefficient (Wildman–Crippen LogP) is 3.03. The van der Waals surface area contributed by atoms with Crippen LogP contribution in [0.5, 0.6) is 5.75 Å². The maximum absolute atomic E-state index is 12.5. The molecule has 0 amide bonds. The molecule has 1 saturated heterocycles. The Morgan fingerprint density at radius 2 is 2.04 bits per heavy atom. The maximum atomic E-state index is 12.5. The van der Waals surface area contributed by atoms with E-state index in [2.05, 4.69) is 4.74 Å². The zero-order valence-electron chi connectivity index (χ0n) is 15.9. The van der Waals surface area contributed by atoms with Gasteiger partial charge in [-0.05, 0) is 40.1 Å². The van der Waals surface area contributed by atoms with Gasteiger partial charge in [0.2, 0.25) is 0 Å². The molecule has 0 saturated carbocycles. The third-order valence-electron chi connectivity index (χ3n) is 4.90. The summed E-state index contributed by atoms with van der Waals surface area (Å²) >= 11 is 1.51. The Kier molecular flexibility index (Phi) is 6.83. The fraction of sp³-hybridized carbons (Fsp3) is 0.429. The Morgan fingerprint density at radius 1 is 1.25 bits per heavy atom. The number of nitrogens with two attached hydrogens (primary N) is 1. The van der Waals surface area contributed by atoms with Crippen molar-refractivity contribution < 1.29 is 23.8 Å². The fourth-order valence-corrected chi connectivity index (χ4v) is 4.07. The molecule has 1 aromatic heterocycles. The van der Waals surface area contributed by atoms with Crippen molar-refractivity contribution in [3.63, 3.8) is 0 Å². The molecule has 1 atom stereocenters. The molecular weight excluding hydrogens is 378 g/mol. The van der Waals surface area contributed by atoms with Gasteiger partial charge in [-0.2, -0.15) is 11.3 Å². The highest BCUT2D eigenvalue weighted by Crippen LogP contribution is 2.34. The molecule has 1 unspecified atom stereocenters. The number of ketones is 1. The first-order valence-electron chi connectivity index (χ1n) is 9.26. The second-order valence-electron chi connectivity index (χ2n) is 6.91. The molecule has 2 aromatic rings. The third kappa shape index (κ3) is 4.98. The van der Waals surface area contributed by atoms with Crippen LogP contribution in [0.15, 0.2) is 41.1 Å². The van der Waals surface area contributed by atoms with Crippen LogP contribution in [0, 0.1) is 0 Å². The van der Waals surface area contributed by atoms with Gasteiger partial charge in [0, 0.05) is 19.3 Å². The number of hydrogen-bond donors (Lipinski definition) is 1. The average molecular weight is 404 g/mol. The van der Waals surface area contributed by atoms with Crippen molar-refractivity contribution in [3.8, 4) is 5.75 Å². The van der Waals surface area contributed by atoms with Crippen molar-refractivity contribution in [2.75, 3.05) is 20.3 Å². The van der Waals surface area contributed by atoms with Gasteiger partial charge in [0.1, 0.15) is 24.1 Å². The van der Waals surface area contributed by atoms with E-state index >= 15 is 0 Å². The quantitative estimate of drug-likeness (QED) is 0.538. The second-order valence-corrected chi connectivity index (χ2v) is 7.69. The van der Waals surface area contributed by atoms with Gasteiger partial charge < -0.3 is 19.9 Å². The molecule has 6 nitrogen and oxygen atoms in total. The van der Waals surface area contributed by atoms with E-state index in [1.165, 1.54) is 18.4 Å². The van der Waals surface area contributed by atoms with Gasteiger partial charge >= 0.3 is 5.97 Å². The summed E-state index contributed by atoms with van der Waals surface area (Å²) in [7, 11) is 1.27.